The molecule has 0 saturated heterocycles. The van der Waals surface area contributed by atoms with Gasteiger partial charge in [-0.3, -0.25) is 4.79 Å². The number of amides is 1. The molecular weight excluding hydrogens is 223 g/mol. The highest BCUT2D eigenvalue weighted by atomic mass is 19.1. The van der Waals surface area contributed by atoms with Crippen LogP contribution in [0, 0.1) is 5.82 Å². The zero-order valence-electron chi connectivity index (χ0n) is 9.62. The second-order valence-electron chi connectivity index (χ2n) is 3.56. The second-order valence-corrected chi connectivity index (χ2v) is 3.56. The Kier molecular flexibility index (Phi) is 6.21. The molecule has 0 spiro atoms. The van der Waals surface area contributed by atoms with Gasteiger partial charge in [0.2, 0.25) is 5.91 Å². The number of carbonyl (C=O) groups excluding carboxylic acids is 1. The van der Waals surface area contributed by atoms with Crippen molar-refractivity contribution >= 4 is 5.91 Å². The van der Waals surface area contributed by atoms with Crippen LogP contribution in [0.2, 0.25) is 0 Å². The molecule has 1 aromatic rings. The van der Waals surface area contributed by atoms with E-state index in [9.17, 15) is 9.18 Å². The third-order valence-corrected chi connectivity index (χ3v) is 2.11. The van der Waals surface area contributed by atoms with Crippen molar-refractivity contribution in [2.24, 2.45) is 5.73 Å². The smallest absolute Gasteiger partial charge is 0.222 e. The summed E-state index contributed by atoms with van der Waals surface area (Å²) in [5, 5.41) is 2.69. The van der Waals surface area contributed by atoms with E-state index in [-0.39, 0.29) is 18.1 Å². The van der Waals surface area contributed by atoms with E-state index in [1.165, 1.54) is 12.1 Å². The SMILES string of the molecule is NCCOCCC(=O)NCc1cccc(F)c1. The third kappa shape index (κ3) is 5.99. The van der Waals surface area contributed by atoms with Crippen LogP contribution in [-0.2, 0) is 16.1 Å². The summed E-state index contributed by atoms with van der Waals surface area (Å²) in [6.07, 6.45) is 0.287. The largest absolute Gasteiger partial charge is 0.380 e. The molecule has 0 aromatic heterocycles. The van der Waals surface area contributed by atoms with E-state index >= 15 is 0 Å². The minimum absolute atomic E-state index is 0.119. The zero-order valence-corrected chi connectivity index (χ0v) is 9.62. The number of nitrogens with two attached hydrogens (primary N) is 1. The molecule has 1 aromatic carbocycles. The van der Waals surface area contributed by atoms with Crippen LogP contribution in [0.3, 0.4) is 0 Å². The molecule has 17 heavy (non-hydrogen) atoms. The van der Waals surface area contributed by atoms with Crippen LogP contribution in [0.15, 0.2) is 24.3 Å². The van der Waals surface area contributed by atoms with Crippen LogP contribution in [-0.4, -0.2) is 25.7 Å². The Morgan fingerprint density at radius 3 is 2.94 bits per heavy atom. The van der Waals surface area contributed by atoms with E-state index in [4.69, 9.17) is 10.5 Å². The van der Waals surface area contributed by atoms with E-state index in [2.05, 4.69) is 5.32 Å². The van der Waals surface area contributed by atoms with Gasteiger partial charge in [-0.25, -0.2) is 4.39 Å². The Morgan fingerprint density at radius 2 is 2.24 bits per heavy atom. The van der Waals surface area contributed by atoms with Gasteiger partial charge >= 0.3 is 0 Å². The molecule has 1 rings (SSSR count). The Labute approximate surface area is 100.0 Å². The molecule has 0 aliphatic carbocycles. The normalized spacial score (nSPS) is 10.2. The van der Waals surface area contributed by atoms with Gasteiger partial charge in [0.05, 0.1) is 13.2 Å². The van der Waals surface area contributed by atoms with Crippen molar-refractivity contribution in [1.29, 1.82) is 0 Å². The fourth-order valence-corrected chi connectivity index (χ4v) is 1.29. The second kappa shape index (κ2) is 7.76. The molecule has 3 N–H and O–H groups in total. The molecule has 0 atom stereocenters. The first-order valence-electron chi connectivity index (χ1n) is 5.51. The summed E-state index contributed by atoms with van der Waals surface area (Å²) in [5.41, 5.74) is 5.97. The molecule has 0 fully saturated rings. The van der Waals surface area contributed by atoms with E-state index in [0.29, 0.717) is 26.3 Å². The monoisotopic (exact) mass is 240 g/mol. The van der Waals surface area contributed by atoms with Crippen molar-refractivity contribution in [3.8, 4) is 0 Å². The average Bonchev–Trinajstić information content (AvgIpc) is 2.32. The molecule has 5 heteroatoms. The van der Waals surface area contributed by atoms with Crippen molar-refractivity contribution in [2.75, 3.05) is 19.8 Å². The highest BCUT2D eigenvalue weighted by Crippen LogP contribution is 2.02. The van der Waals surface area contributed by atoms with E-state index in [1.807, 2.05) is 0 Å². The van der Waals surface area contributed by atoms with Gasteiger partial charge in [0.1, 0.15) is 5.82 Å². The lowest BCUT2D eigenvalue weighted by Crippen LogP contribution is -2.24. The van der Waals surface area contributed by atoms with Gasteiger partial charge < -0.3 is 15.8 Å². The highest BCUT2D eigenvalue weighted by Gasteiger charge is 2.01. The maximum atomic E-state index is 12.8. The Balaban J connectivity index is 2.19. The first kappa shape index (κ1) is 13.6. The molecule has 94 valence electrons. The fraction of sp³-hybridized carbons (Fsp3) is 0.417. The van der Waals surface area contributed by atoms with Gasteiger partial charge in [-0.15, -0.1) is 0 Å². The molecule has 0 heterocycles. The number of benzene rings is 1. The van der Waals surface area contributed by atoms with Crippen LogP contribution in [0.5, 0.6) is 0 Å². The van der Waals surface area contributed by atoms with Crippen LogP contribution < -0.4 is 11.1 Å². The van der Waals surface area contributed by atoms with Crippen LogP contribution in [0.4, 0.5) is 4.39 Å². The predicted octanol–water partition coefficient (Wildman–Crippen LogP) is 0.807. The third-order valence-electron chi connectivity index (χ3n) is 2.11. The molecule has 0 bridgehead atoms. The molecular formula is C12H17FN2O2. The summed E-state index contributed by atoms with van der Waals surface area (Å²) >= 11 is 0. The van der Waals surface area contributed by atoms with E-state index in [0.717, 1.165) is 5.56 Å². The van der Waals surface area contributed by atoms with Crippen molar-refractivity contribution < 1.29 is 13.9 Å². The average molecular weight is 240 g/mol. The van der Waals surface area contributed by atoms with Gasteiger partial charge in [-0.1, -0.05) is 12.1 Å². The van der Waals surface area contributed by atoms with Crippen molar-refractivity contribution in [3.63, 3.8) is 0 Å². The summed E-state index contributed by atoms with van der Waals surface area (Å²) in [5.74, 6) is -0.422. The van der Waals surface area contributed by atoms with Crippen LogP contribution >= 0.6 is 0 Å². The molecule has 1 amide bonds. The number of halogens is 1. The Morgan fingerprint density at radius 1 is 1.41 bits per heavy atom. The number of rotatable bonds is 7. The van der Waals surface area contributed by atoms with Crippen molar-refractivity contribution in [2.45, 2.75) is 13.0 Å². The quantitative estimate of drug-likeness (QED) is 0.693. The predicted molar refractivity (Wildman–Crippen MR) is 62.7 cm³/mol. The summed E-state index contributed by atoms with van der Waals surface area (Å²) in [4.78, 5) is 11.3. The maximum Gasteiger partial charge on any atom is 0.222 e. The van der Waals surface area contributed by atoms with Crippen molar-refractivity contribution in [1.82, 2.24) is 5.32 Å². The molecule has 0 saturated carbocycles. The Bertz CT molecular complexity index is 358. The lowest BCUT2D eigenvalue weighted by atomic mass is 10.2. The molecule has 0 aliphatic rings. The minimum atomic E-state index is -0.303. The number of nitrogens with one attached hydrogen (secondary N) is 1. The first-order chi connectivity index (χ1) is 8.22. The first-order valence-corrected chi connectivity index (χ1v) is 5.51. The summed E-state index contributed by atoms with van der Waals surface area (Å²) in [6.45, 7) is 1.59. The van der Waals surface area contributed by atoms with Gasteiger partial charge in [-0.05, 0) is 17.7 Å². The van der Waals surface area contributed by atoms with E-state index in [1.54, 1.807) is 12.1 Å². The Hall–Kier alpha value is -1.46. The molecule has 0 unspecified atom stereocenters. The summed E-state index contributed by atoms with van der Waals surface area (Å²) < 4.78 is 17.9. The van der Waals surface area contributed by atoms with Crippen LogP contribution in [0.1, 0.15) is 12.0 Å². The number of carbonyl (C=O) groups is 1. The number of hydrogen-bond acceptors (Lipinski definition) is 3. The van der Waals surface area contributed by atoms with Gasteiger partial charge in [0.15, 0.2) is 0 Å². The van der Waals surface area contributed by atoms with Crippen LogP contribution in [0.25, 0.3) is 0 Å². The van der Waals surface area contributed by atoms with Gasteiger partial charge in [0.25, 0.3) is 0 Å². The molecule has 0 radical (unpaired) electrons. The highest BCUT2D eigenvalue weighted by molar-refractivity contribution is 5.75. The fourth-order valence-electron chi connectivity index (χ4n) is 1.29. The molecule has 4 nitrogen and oxygen atoms in total. The standard InChI is InChI=1S/C12H17FN2O2/c13-11-3-1-2-10(8-11)9-15-12(16)4-6-17-7-5-14/h1-3,8H,4-7,9,14H2,(H,15,16). The lowest BCUT2D eigenvalue weighted by Gasteiger charge is -2.05. The summed E-state index contributed by atoms with van der Waals surface area (Å²) in [7, 11) is 0. The van der Waals surface area contributed by atoms with Crippen molar-refractivity contribution in [3.05, 3.63) is 35.6 Å². The minimum Gasteiger partial charge on any atom is -0.380 e. The summed E-state index contributed by atoms with van der Waals surface area (Å²) in [6, 6.07) is 6.13. The zero-order chi connectivity index (χ0) is 12.5. The lowest BCUT2D eigenvalue weighted by molar-refractivity contribution is -0.122. The van der Waals surface area contributed by atoms with Gasteiger partial charge in [0, 0.05) is 19.5 Å². The van der Waals surface area contributed by atoms with Gasteiger partial charge in [-0.2, -0.15) is 0 Å². The number of ether oxygens (including phenoxy) is 1. The molecule has 0 aliphatic heterocycles. The number of hydrogen-bond donors (Lipinski definition) is 2. The topological polar surface area (TPSA) is 64.3 Å². The maximum absolute atomic E-state index is 12.8. The van der Waals surface area contributed by atoms with E-state index < -0.39 is 0 Å².